The number of benzene rings is 1. The Bertz CT molecular complexity index is 1090. The van der Waals surface area contributed by atoms with Gasteiger partial charge in [-0.3, -0.25) is 4.79 Å². The second kappa shape index (κ2) is 9.43. The SMILES string of the molecule is Cc1nnn(Cc2cc(C(F)(F)F)ccc2C=CC(=O)N2CCN(C(=O)O)C(C(C)(C)C)C2)n1. The maximum atomic E-state index is 13.2. The molecule has 0 aliphatic carbocycles. The molecule has 1 aliphatic rings. The van der Waals surface area contributed by atoms with Gasteiger partial charge in [0.25, 0.3) is 0 Å². The molecule has 2 heterocycles. The smallest absolute Gasteiger partial charge is 0.416 e. The summed E-state index contributed by atoms with van der Waals surface area (Å²) in [5, 5.41) is 21.1. The highest BCUT2D eigenvalue weighted by atomic mass is 19.4. The first-order valence-electron chi connectivity index (χ1n) is 10.7. The summed E-state index contributed by atoms with van der Waals surface area (Å²) in [4.78, 5) is 28.5. The molecule has 1 aliphatic heterocycles. The van der Waals surface area contributed by atoms with Crippen LogP contribution in [0.3, 0.4) is 0 Å². The summed E-state index contributed by atoms with van der Waals surface area (Å²) in [6, 6.07) is 2.87. The largest absolute Gasteiger partial charge is 0.465 e. The van der Waals surface area contributed by atoms with Crippen LogP contribution in [0.15, 0.2) is 24.3 Å². The first-order chi connectivity index (χ1) is 15.8. The summed E-state index contributed by atoms with van der Waals surface area (Å²) in [6.07, 6.45) is -2.81. The predicted octanol–water partition coefficient (Wildman–Crippen LogP) is 3.30. The van der Waals surface area contributed by atoms with Crippen LogP contribution in [0.2, 0.25) is 0 Å². The van der Waals surface area contributed by atoms with Crippen LogP contribution in [-0.4, -0.2) is 72.8 Å². The molecule has 184 valence electrons. The van der Waals surface area contributed by atoms with Crippen molar-refractivity contribution >= 4 is 18.1 Å². The Labute approximate surface area is 194 Å². The standard InChI is InChI=1S/C22H27F3N6O3/c1-14-26-28-31(27-14)12-16-11-17(22(23,24)25)7-5-15(16)6-8-19(32)29-9-10-30(20(33)34)18(13-29)21(2,3)4/h5-8,11,18H,9-10,12-13H2,1-4H3,(H,33,34). The lowest BCUT2D eigenvalue weighted by atomic mass is 9.84. The Hall–Kier alpha value is -3.44. The molecule has 1 aromatic carbocycles. The number of hydrogen-bond donors (Lipinski definition) is 1. The number of carbonyl (C=O) groups is 2. The number of alkyl halides is 3. The normalized spacial score (nSPS) is 17.4. The van der Waals surface area contributed by atoms with Gasteiger partial charge in [-0.1, -0.05) is 26.8 Å². The van der Waals surface area contributed by atoms with Crippen LogP contribution in [0.5, 0.6) is 0 Å². The molecule has 3 rings (SSSR count). The Balaban J connectivity index is 1.83. The van der Waals surface area contributed by atoms with Crippen molar-refractivity contribution < 1.29 is 27.9 Å². The molecule has 9 nitrogen and oxygen atoms in total. The minimum absolute atomic E-state index is 0.0536. The zero-order chi connectivity index (χ0) is 25.3. The van der Waals surface area contributed by atoms with Crippen molar-refractivity contribution in [1.82, 2.24) is 30.0 Å². The molecule has 1 atom stereocenters. The molecule has 2 amide bonds. The minimum Gasteiger partial charge on any atom is -0.465 e. The molecule has 0 radical (unpaired) electrons. The third-order valence-corrected chi connectivity index (χ3v) is 5.68. The van der Waals surface area contributed by atoms with Gasteiger partial charge in [-0.25, -0.2) is 4.79 Å². The Kier molecular flexibility index (Phi) is 6.99. The van der Waals surface area contributed by atoms with Crippen molar-refractivity contribution in [3.63, 3.8) is 0 Å². The second-order valence-corrected chi connectivity index (χ2v) is 9.25. The van der Waals surface area contributed by atoms with E-state index in [2.05, 4.69) is 15.4 Å². The average molecular weight is 480 g/mol. The molecule has 1 fully saturated rings. The predicted molar refractivity (Wildman–Crippen MR) is 117 cm³/mol. The molecule has 12 heteroatoms. The lowest BCUT2D eigenvalue weighted by Crippen LogP contribution is -2.60. The van der Waals surface area contributed by atoms with Gasteiger partial charge in [0, 0.05) is 25.7 Å². The van der Waals surface area contributed by atoms with E-state index in [1.807, 2.05) is 20.8 Å². The number of nitrogens with zero attached hydrogens (tertiary/aromatic N) is 6. The topological polar surface area (TPSA) is 104 Å². The van der Waals surface area contributed by atoms with Gasteiger partial charge in [0.1, 0.15) is 0 Å². The maximum Gasteiger partial charge on any atom is 0.416 e. The number of rotatable bonds is 4. The van der Waals surface area contributed by atoms with Crippen molar-refractivity contribution in [2.75, 3.05) is 19.6 Å². The zero-order valence-electron chi connectivity index (χ0n) is 19.4. The fourth-order valence-electron chi connectivity index (χ4n) is 3.84. The average Bonchev–Trinajstić information content (AvgIpc) is 3.15. The first kappa shape index (κ1) is 25.2. The Morgan fingerprint density at radius 3 is 2.47 bits per heavy atom. The molecule has 2 aromatic rings. The van der Waals surface area contributed by atoms with E-state index in [0.717, 1.165) is 12.1 Å². The number of aryl methyl sites for hydroxylation is 1. The van der Waals surface area contributed by atoms with E-state index in [4.69, 9.17) is 0 Å². The molecular weight excluding hydrogens is 453 g/mol. The van der Waals surface area contributed by atoms with E-state index < -0.39 is 17.8 Å². The molecule has 0 saturated carbocycles. The number of carboxylic acid groups (broad SMARTS) is 1. The van der Waals surface area contributed by atoms with Crippen LogP contribution >= 0.6 is 0 Å². The van der Waals surface area contributed by atoms with Crippen molar-refractivity contribution in [3.05, 3.63) is 46.8 Å². The van der Waals surface area contributed by atoms with Crippen molar-refractivity contribution in [2.24, 2.45) is 5.41 Å². The first-order valence-corrected chi connectivity index (χ1v) is 10.7. The lowest BCUT2D eigenvalue weighted by Gasteiger charge is -2.45. The van der Waals surface area contributed by atoms with E-state index in [1.165, 1.54) is 27.9 Å². The van der Waals surface area contributed by atoms with Crippen LogP contribution in [-0.2, 0) is 17.5 Å². The van der Waals surface area contributed by atoms with Crippen molar-refractivity contribution in [3.8, 4) is 0 Å². The monoisotopic (exact) mass is 480 g/mol. The zero-order valence-corrected chi connectivity index (χ0v) is 19.4. The van der Waals surface area contributed by atoms with Gasteiger partial charge in [0.15, 0.2) is 5.82 Å². The highest BCUT2D eigenvalue weighted by Crippen LogP contribution is 2.31. The highest BCUT2D eigenvalue weighted by Gasteiger charge is 2.39. The number of halogens is 3. The van der Waals surface area contributed by atoms with E-state index >= 15 is 0 Å². The van der Waals surface area contributed by atoms with Crippen molar-refractivity contribution in [2.45, 2.75) is 46.5 Å². The van der Waals surface area contributed by atoms with Crippen LogP contribution in [0.25, 0.3) is 6.08 Å². The lowest BCUT2D eigenvalue weighted by molar-refractivity contribution is -0.137. The number of aromatic nitrogens is 4. The summed E-state index contributed by atoms with van der Waals surface area (Å²) >= 11 is 0. The van der Waals surface area contributed by atoms with Gasteiger partial charge < -0.3 is 14.9 Å². The van der Waals surface area contributed by atoms with Gasteiger partial charge in [0.05, 0.1) is 18.2 Å². The molecular formula is C22H27F3N6O3. The number of hydrogen-bond acceptors (Lipinski definition) is 5. The summed E-state index contributed by atoms with van der Waals surface area (Å²) in [6.45, 7) is 7.92. The number of tetrazole rings is 1. The Morgan fingerprint density at radius 1 is 1.21 bits per heavy atom. The van der Waals surface area contributed by atoms with Gasteiger partial charge in [-0.2, -0.15) is 18.0 Å². The molecule has 1 unspecified atom stereocenters. The second-order valence-electron chi connectivity index (χ2n) is 9.25. The molecule has 1 saturated heterocycles. The number of piperazine rings is 1. The quantitative estimate of drug-likeness (QED) is 0.674. The van der Waals surface area contributed by atoms with Gasteiger partial charge in [-0.05, 0) is 46.9 Å². The van der Waals surface area contributed by atoms with E-state index in [0.29, 0.717) is 11.4 Å². The van der Waals surface area contributed by atoms with E-state index in [9.17, 15) is 27.9 Å². The van der Waals surface area contributed by atoms with Crippen molar-refractivity contribution in [1.29, 1.82) is 0 Å². The fraction of sp³-hybridized carbons (Fsp3) is 0.500. The van der Waals surface area contributed by atoms with Gasteiger partial charge in [0.2, 0.25) is 5.91 Å². The van der Waals surface area contributed by atoms with Crippen LogP contribution < -0.4 is 0 Å². The molecule has 1 aromatic heterocycles. The maximum absolute atomic E-state index is 13.2. The molecule has 34 heavy (non-hydrogen) atoms. The summed E-state index contributed by atoms with van der Waals surface area (Å²) in [5.74, 6) is 0.0352. The third kappa shape index (κ3) is 5.91. The summed E-state index contributed by atoms with van der Waals surface area (Å²) in [7, 11) is 0. The molecule has 0 spiro atoms. The Morgan fingerprint density at radius 2 is 1.91 bits per heavy atom. The number of carbonyl (C=O) groups excluding carboxylic acids is 1. The fourth-order valence-corrected chi connectivity index (χ4v) is 3.84. The number of amides is 2. The van der Waals surface area contributed by atoms with Crippen LogP contribution in [0, 0.1) is 12.3 Å². The summed E-state index contributed by atoms with van der Waals surface area (Å²) in [5.41, 5.74) is -0.516. The van der Waals surface area contributed by atoms with Crippen LogP contribution in [0.1, 0.15) is 43.3 Å². The van der Waals surface area contributed by atoms with E-state index in [1.54, 1.807) is 11.8 Å². The highest BCUT2D eigenvalue weighted by molar-refractivity contribution is 5.92. The summed E-state index contributed by atoms with van der Waals surface area (Å²) < 4.78 is 39.7. The van der Waals surface area contributed by atoms with Crippen LogP contribution in [0.4, 0.5) is 18.0 Å². The van der Waals surface area contributed by atoms with E-state index in [-0.39, 0.29) is 49.1 Å². The van der Waals surface area contributed by atoms with Gasteiger partial charge >= 0.3 is 12.3 Å². The van der Waals surface area contributed by atoms with Gasteiger partial charge in [-0.15, -0.1) is 10.2 Å². The molecule has 0 bridgehead atoms. The third-order valence-electron chi connectivity index (χ3n) is 5.68. The minimum atomic E-state index is -4.52. The molecule has 1 N–H and O–H groups in total.